The number of rotatable bonds is 5. The van der Waals surface area contributed by atoms with E-state index in [9.17, 15) is 15.3 Å². The summed E-state index contributed by atoms with van der Waals surface area (Å²) in [5.74, 6) is 3.55. The average molecular weight is 417 g/mol. The highest BCUT2D eigenvalue weighted by Crippen LogP contribution is 2.68. The molecule has 2 fully saturated rings. The lowest BCUT2D eigenvalue weighted by molar-refractivity contribution is -0.0554. The first-order valence-electron chi connectivity index (χ1n) is 12.7. The highest BCUT2D eigenvalue weighted by molar-refractivity contribution is 5.43. The van der Waals surface area contributed by atoms with Crippen molar-refractivity contribution < 1.29 is 15.3 Å². The molecule has 0 heterocycles. The number of aliphatic hydroxyl groups excluding tert-OH is 3. The number of aliphatic hydroxyl groups is 3. The minimum Gasteiger partial charge on any atom is -0.512 e. The summed E-state index contributed by atoms with van der Waals surface area (Å²) in [6.45, 7) is 11.8. The van der Waals surface area contributed by atoms with Crippen LogP contribution in [0.3, 0.4) is 0 Å². The summed E-state index contributed by atoms with van der Waals surface area (Å²) in [6.07, 6.45) is 11.3. The molecule has 170 valence electrons. The van der Waals surface area contributed by atoms with Crippen molar-refractivity contribution in [3.63, 3.8) is 0 Å². The Morgan fingerprint density at radius 3 is 2.37 bits per heavy atom. The fourth-order valence-corrected chi connectivity index (χ4v) is 8.53. The average Bonchev–Trinajstić information content (AvgIpc) is 3.02. The van der Waals surface area contributed by atoms with Crippen molar-refractivity contribution in [3.8, 4) is 0 Å². The second-order valence-corrected chi connectivity index (χ2v) is 12.1. The summed E-state index contributed by atoms with van der Waals surface area (Å²) in [6, 6.07) is 0. The Hall–Kier alpha value is -1.12. The van der Waals surface area contributed by atoms with Gasteiger partial charge < -0.3 is 15.3 Å². The van der Waals surface area contributed by atoms with Crippen LogP contribution in [0.1, 0.15) is 98.8 Å². The minimum absolute atomic E-state index is 0.00799. The highest BCUT2D eigenvalue weighted by atomic mass is 16.3. The van der Waals surface area contributed by atoms with E-state index >= 15 is 0 Å². The summed E-state index contributed by atoms with van der Waals surface area (Å²) < 4.78 is 0. The van der Waals surface area contributed by atoms with Crippen LogP contribution in [0, 0.1) is 46.3 Å². The van der Waals surface area contributed by atoms with Crippen LogP contribution < -0.4 is 0 Å². The quantitative estimate of drug-likeness (QED) is 0.427. The molecule has 0 saturated heterocycles. The molecule has 0 aromatic heterocycles. The van der Waals surface area contributed by atoms with E-state index in [0.29, 0.717) is 29.6 Å². The fourth-order valence-electron chi connectivity index (χ4n) is 8.53. The zero-order valence-corrected chi connectivity index (χ0v) is 19.9. The maximum Gasteiger partial charge on any atom is 0.160 e. The molecule has 4 aliphatic carbocycles. The SMILES string of the molecule is CC(C)CCC[C@H](C)[C@H]1CC[C@H]2[C@@H]3C(O)=C(O)C4=C(O)CCC[C@]4(C)[C@H]3CC[C@]12C. The molecular formula is C27H44O3. The van der Waals surface area contributed by atoms with Crippen LogP contribution in [-0.2, 0) is 0 Å². The lowest BCUT2D eigenvalue weighted by atomic mass is 9.47. The van der Waals surface area contributed by atoms with Gasteiger partial charge in [-0.05, 0) is 73.5 Å². The molecular weight excluding hydrogens is 372 g/mol. The lowest BCUT2D eigenvalue weighted by Gasteiger charge is -2.57. The summed E-state index contributed by atoms with van der Waals surface area (Å²) in [4.78, 5) is 0. The van der Waals surface area contributed by atoms with Crippen molar-refractivity contribution in [1.29, 1.82) is 0 Å². The van der Waals surface area contributed by atoms with E-state index in [-0.39, 0.29) is 28.3 Å². The normalized spacial score (nSPS) is 42.2. The molecule has 30 heavy (non-hydrogen) atoms. The second kappa shape index (κ2) is 7.78. The Morgan fingerprint density at radius 2 is 1.67 bits per heavy atom. The van der Waals surface area contributed by atoms with Gasteiger partial charge in [-0.25, -0.2) is 0 Å². The first-order chi connectivity index (χ1) is 14.1. The van der Waals surface area contributed by atoms with Crippen LogP contribution in [0.2, 0.25) is 0 Å². The Kier molecular flexibility index (Phi) is 5.73. The third kappa shape index (κ3) is 3.21. The van der Waals surface area contributed by atoms with E-state index in [1.807, 2.05) is 0 Å². The van der Waals surface area contributed by atoms with E-state index in [2.05, 4.69) is 34.6 Å². The Morgan fingerprint density at radius 1 is 0.933 bits per heavy atom. The third-order valence-corrected chi connectivity index (χ3v) is 10.1. The van der Waals surface area contributed by atoms with Gasteiger partial charge >= 0.3 is 0 Å². The van der Waals surface area contributed by atoms with Crippen LogP contribution in [-0.4, -0.2) is 15.3 Å². The molecule has 0 bridgehead atoms. The van der Waals surface area contributed by atoms with Crippen molar-refractivity contribution in [2.45, 2.75) is 98.8 Å². The van der Waals surface area contributed by atoms with Gasteiger partial charge in [0, 0.05) is 23.3 Å². The fraction of sp³-hybridized carbons (Fsp3) is 0.852. The summed E-state index contributed by atoms with van der Waals surface area (Å²) in [5.41, 5.74) is 0.708. The Balaban J connectivity index is 1.63. The van der Waals surface area contributed by atoms with Crippen molar-refractivity contribution in [1.82, 2.24) is 0 Å². The molecule has 7 atom stereocenters. The minimum atomic E-state index is -0.203. The van der Waals surface area contributed by atoms with Crippen LogP contribution in [0.5, 0.6) is 0 Å². The predicted molar refractivity (Wildman–Crippen MR) is 122 cm³/mol. The van der Waals surface area contributed by atoms with Gasteiger partial charge in [0.25, 0.3) is 0 Å². The Bertz CT molecular complexity index is 734. The van der Waals surface area contributed by atoms with Crippen molar-refractivity contribution in [3.05, 3.63) is 22.9 Å². The molecule has 3 nitrogen and oxygen atoms in total. The smallest absolute Gasteiger partial charge is 0.160 e. The molecule has 0 aromatic carbocycles. The van der Waals surface area contributed by atoms with E-state index < -0.39 is 0 Å². The molecule has 0 unspecified atom stereocenters. The molecule has 4 aliphatic rings. The number of allylic oxidation sites excluding steroid dienone is 3. The summed E-state index contributed by atoms with van der Waals surface area (Å²) in [5, 5.41) is 32.8. The number of hydrogen-bond acceptors (Lipinski definition) is 3. The van der Waals surface area contributed by atoms with E-state index in [4.69, 9.17) is 0 Å². The van der Waals surface area contributed by atoms with E-state index in [1.54, 1.807) is 0 Å². The monoisotopic (exact) mass is 416 g/mol. The second-order valence-electron chi connectivity index (χ2n) is 12.1. The molecule has 0 aliphatic heterocycles. The molecule has 0 spiro atoms. The van der Waals surface area contributed by atoms with Crippen LogP contribution in [0.4, 0.5) is 0 Å². The van der Waals surface area contributed by atoms with Gasteiger partial charge in [0.15, 0.2) is 5.76 Å². The van der Waals surface area contributed by atoms with Gasteiger partial charge in [0.2, 0.25) is 0 Å². The number of fused-ring (bicyclic) bond motifs is 5. The molecule has 0 radical (unpaired) electrons. The standard InChI is InChI=1S/C27H44O3/c1-16(2)8-6-9-17(3)18-11-12-19-22-20(13-15-26(18,19)4)27(5)14-7-10-21(28)23(27)25(30)24(22)29/h16-20,22,28-30H,6-15H2,1-5H3/t17-,18+,19-,20-,22-,26+,27+/m0/s1. The molecule has 3 N–H and O–H groups in total. The summed E-state index contributed by atoms with van der Waals surface area (Å²) in [7, 11) is 0. The van der Waals surface area contributed by atoms with Crippen LogP contribution in [0.15, 0.2) is 22.9 Å². The topological polar surface area (TPSA) is 60.7 Å². The third-order valence-electron chi connectivity index (χ3n) is 10.1. The van der Waals surface area contributed by atoms with E-state index in [0.717, 1.165) is 43.4 Å². The lowest BCUT2D eigenvalue weighted by Crippen LogP contribution is -2.52. The Labute approximate surface area is 183 Å². The zero-order valence-electron chi connectivity index (χ0n) is 19.9. The predicted octanol–water partition coefficient (Wildman–Crippen LogP) is 7.85. The molecule has 2 saturated carbocycles. The zero-order chi connectivity index (χ0) is 21.8. The van der Waals surface area contributed by atoms with E-state index in [1.165, 1.54) is 32.1 Å². The first-order valence-corrected chi connectivity index (χ1v) is 12.7. The highest BCUT2D eigenvalue weighted by Gasteiger charge is 2.62. The van der Waals surface area contributed by atoms with Crippen molar-refractivity contribution in [2.24, 2.45) is 46.3 Å². The molecule has 0 aromatic rings. The van der Waals surface area contributed by atoms with Gasteiger partial charge in [0.1, 0.15) is 5.76 Å². The van der Waals surface area contributed by atoms with Crippen molar-refractivity contribution in [2.75, 3.05) is 0 Å². The maximum atomic E-state index is 11.2. The van der Waals surface area contributed by atoms with Gasteiger partial charge in [-0.1, -0.05) is 53.9 Å². The van der Waals surface area contributed by atoms with Gasteiger partial charge in [-0.3, -0.25) is 0 Å². The largest absolute Gasteiger partial charge is 0.512 e. The summed E-state index contributed by atoms with van der Waals surface area (Å²) >= 11 is 0. The van der Waals surface area contributed by atoms with Gasteiger partial charge in [0.05, 0.1) is 5.76 Å². The van der Waals surface area contributed by atoms with Gasteiger partial charge in [-0.15, -0.1) is 0 Å². The van der Waals surface area contributed by atoms with Gasteiger partial charge in [-0.2, -0.15) is 0 Å². The number of hydrogen-bond donors (Lipinski definition) is 3. The van der Waals surface area contributed by atoms with Crippen LogP contribution >= 0.6 is 0 Å². The van der Waals surface area contributed by atoms with Crippen LogP contribution in [0.25, 0.3) is 0 Å². The van der Waals surface area contributed by atoms with Crippen molar-refractivity contribution >= 4 is 0 Å². The molecule has 0 amide bonds. The molecule has 4 rings (SSSR count). The maximum absolute atomic E-state index is 11.2. The molecule has 3 heteroatoms. The first kappa shape index (κ1) is 22.1.